The van der Waals surface area contributed by atoms with Crippen molar-refractivity contribution in [2.24, 2.45) is 5.92 Å². The molecule has 4 rings (SSSR count). The molecule has 0 bridgehead atoms. The molecule has 0 spiro atoms. The zero-order chi connectivity index (χ0) is 23.2. The van der Waals surface area contributed by atoms with Crippen LogP contribution in [0.1, 0.15) is 30.9 Å². The normalized spacial score (nSPS) is 15.8. The largest absolute Gasteiger partial charge is 0.379 e. The van der Waals surface area contributed by atoms with Crippen LogP contribution in [-0.4, -0.2) is 29.0 Å². The number of benzene rings is 1. The van der Waals surface area contributed by atoms with E-state index < -0.39 is 0 Å². The van der Waals surface area contributed by atoms with Crippen LogP contribution in [0.5, 0.6) is 0 Å². The molecule has 1 fully saturated rings. The van der Waals surface area contributed by atoms with E-state index in [4.69, 9.17) is 11.6 Å². The SMILES string of the molecule is CCc1c(NCc2ccc(F)cc2)cncc1-c1cc(NC(=O)C2CCCNC2)ncc1Cl. The van der Waals surface area contributed by atoms with Gasteiger partial charge in [-0.05, 0) is 55.1 Å². The van der Waals surface area contributed by atoms with Crippen molar-refractivity contribution in [2.75, 3.05) is 23.7 Å². The zero-order valence-electron chi connectivity index (χ0n) is 18.5. The topological polar surface area (TPSA) is 78.9 Å². The third-order valence-electron chi connectivity index (χ3n) is 5.87. The summed E-state index contributed by atoms with van der Waals surface area (Å²) >= 11 is 6.52. The van der Waals surface area contributed by atoms with Crippen LogP contribution in [0.4, 0.5) is 15.9 Å². The van der Waals surface area contributed by atoms with Crippen LogP contribution < -0.4 is 16.0 Å². The van der Waals surface area contributed by atoms with Gasteiger partial charge in [-0.25, -0.2) is 9.37 Å². The Bertz CT molecular complexity index is 1120. The fourth-order valence-electron chi connectivity index (χ4n) is 4.07. The van der Waals surface area contributed by atoms with Crippen molar-refractivity contribution in [2.45, 2.75) is 32.7 Å². The number of halogens is 2. The molecule has 0 radical (unpaired) electrons. The number of carbonyl (C=O) groups is 1. The molecule has 6 nitrogen and oxygen atoms in total. The summed E-state index contributed by atoms with van der Waals surface area (Å²) in [6.45, 7) is 4.23. The first-order chi connectivity index (χ1) is 16.0. The number of piperidine rings is 1. The first-order valence-electron chi connectivity index (χ1n) is 11.2. The van der Waals surface area contributed by atoms with Crippen LogP contribution in [0.2, 0.25) is 5.02 Å². The number of amides is 1. The number of hydrogen-bond acceptors (Lipinski definition) is 5. The lowest BCUT2D eigenvalue weighted by Crippen LogP contribution is -2.37. The van der Waals surface area contributed by atoms with Gasteiger partial charge in [-0.3, -0.25) is 9.78 Å². The van der Waals surface area contributed by atoms with Crippen LogP contribution in [0, 0.1) is 11.7 Å². The third-order valence-corrected chi connectivity index (χ3v) is 6.17. The summed E-state index contributed by atoms with van der Waals surface area (Å²) in [5.74, 6) is 0.112. The average molecular weight is 468 g/mol. The molecule has 1 amide bonds. The Morgan fingerprint density at radius 3 is 2.76 bits per heavy atom. The van der Waals surface area contributed by atoms with Gasteiger partial charge in [0.05, 0.1) is 22.8 Å². The maximum atomic E-state index is 13.2. The van der Waals surface area contributed by atoms with Gasteiger partial charge in [-0.1, -0.05) is 30.7 Å². The highest BCUT2D eigenvalue weighted by molar-refractivity contribution is 6.33. The van der Waals surface area contributed by atoms with E-state index in [1.807, 2.05) is 0 Å². The van der Waals surface area contributed by atoms with Gasteiger partial charge in [0.25, 0.3) is 0 Å². The summed E-state index contributed by atoms with van der Waals surface area (Å²) in [5, 5.41) is 10.1. The van der Waals surface area contributed by atoms with Crippen LogP contribution in [0.3, 0.4) is 0 Å². The molecule has 3 N–H and O–H groups in total. The van der Waals surface area contributed by atoms with Crippen LogP contribution in [-0.2, 0) is 17.8 Å². The maximum absolute atomic E-state index is 13.2. The molecule has 1 atom stereocenters. The first-order valence-corrected chi connectivity index (χ1v) is 11.6. The minimum Gasteiger partial charge on any atom is -0.379 e. The molecule has 1 aromatic carbocycles. The van der Waals surface area contributed by atoms with E-state index in [0.717, 1.165) is 53.7 Å². The van der Waals surface area contributed by atoms with E-state index in [-0.39, 0.29) is 17.6 Å². The number of nitrogens with zero attached hydrogens (tertiary/aromatic N) is 2. The Morgan fingerprint density at radius 2 is 2.03 bits per heavy atom. The van der Waals surface area contributed by atoms with Gasteiger partial charge in [0.1, 0.15) is 11.6 Å². The van der Waals surface area contributed by atoms with E-state index in [9.17, 15) is 9.18 Å². The maximum Gasteiger partial charge on any atom is 0.229 e. The Kier molecular flexibility index (Phi) is 7.52. The summed E-state index contributed by atoms with van der Waals surface area (Å²) in [6, 6.07) is 8.20. The molecule has 2 aromatic heterocycles. The Morgan fingerprint density at radius 1 is 1.21 bits per heavy atom. The zero-order valence-corrected chi connectivity index (χ0v) is 19.3. The predicted molar refractivity (Wildman–Crippen MR) is 130 cm³/mol. The Balaban J connectivity index is 1.57. The number of aromatic nitrogens is 2. The van der Waals surface area contributed by atoms with E-state index in [2.05, 4.69) is 32.8 Å². The van der Waals surface area contributed by atoms with E-state index in [1.54, 1.807) is 36.8 Å². The van der Waals surface area contributed by atoms with Crippen molar-refractivity contribution in [1.29, 1.82) is 0 Å². The minimum atomic E-state index is -0.258. The fourth-order valence-corrected chi connectivity index (χ4v) is 4.27. The lowest BCUT2D eigenvalue weighted by atomic mass is 9.98. The summed E-state index contributed by atoms with van der Waals surface area (Å²) in [7, 11) is 0. The monoisotopic (exact) mass is 467 g/mol. The van der Waals surface area contributed by atoms with Crippen molar-refractivity contribution in [1.82, 2.24) is 15.3 Å². The van der Waals surface area contributed by atoms with Crippen LogP contribution in [0.15, 0.2) is 48.9 Å². The third kappa shape index (κ3) is 5.67. The molecule has 0 saturated carbocycles. The highest BCUT2D eigenvalue weighted by Gasteiger charge is 2.22. The van der Waals surface area contributed by atoms with Gasteiger partial charge in [0.2, 0.25) is 5.91 Å². The highest BCUT2D eigenvalue weighted by atomic mass is 35.5. The Labute approximate surface area is 198 Å². The molecule has 1 aliphatic rings. The molecule has 33 heavy (non-hydrogen) atoms. The number of nitrogens with one attached hydrogen (secondary N) is 3. The van der Waals surface area contributed by atoms with Crippen molar-refractivity contribution < 1.29 is 9.18 Å². The second kappa shape index (κ2) is 10.7. The molecular formula is C25H27ClFN5O. The average Bonchev–Trinajstić information content (AvgIpc) is 2.85. The predicted octanol–water partition coefficient (Wildman–Crippen LogP) is 5.05. The van der Waals surface area contributed by atoms with Gasteiger partial charge in [-0.15, -0.1) is 0 Å². The van der Waals surface area contributed by atoms with Crippen LogP contribution in [0.25, 0.3) is 11.1 Å². The quantitative estimate of drug-likeness (QED) is 0.453. The standard InChI is InChI=1S/C25H27ClFN5O/c1-2-19-21(13-29-15-23(19)30-11-16-5-7-18(27)8-6-16)20-10-24(31-14-22(20)26)32-25(33)17-4-3-9-28-12-17/h5-8,10,13-15,17,28,30H,2-4,9,11-12H2,1H3,(H,31,32,33). The van der Waals surface area contributed by atoms with Crippen molar-refractivity contribution in [3.05, 3.63) is 70.9 Å². The molecule has 1 aliphatic heterocycles. The number of anilines is 2. The van der Waals surface area contributed by atoms with Gasteiger partial charge in [0, 0.05) is 36.6 Å². The summed E-state index contributed by atoms with van der Waals surface area (Å²) in [4.78, 5) is 21.4. The lowest BCUT2D eigenvalue weighted by Gasteiger charge is -2.22. The van der Waals surface area contributed by atoms with E-state index in [1.165, 1.54) is 12.1 Å². The minimum absolute atomic E-state index is 0.0356. The van der Waals surface area contributed by atoms with Gasteiger partial charge >= 0.3 is 0 Å². The van der Waals surface area contributed by atoms with E-state index >= 15 is 0 Å². The molecule has 1 unspecified atom stereocenters. The second-order valence-corrected chi connectivity index (χ2v) is 8.54. The van der Waals surface area contributed by atoms with E-state index in [0.29, 0.717) is 23.9 Å². The number of carbonyl (C=O) groups excluding carboxylic acids is 1. The summed E-state index contributed by atoms with van der Waals surface area (Å²) in [5.41, 5.74) is 4.54. The Hall–Kier alpha value is -3.03. The first kappa shape index (κ1) is 23.1. The summed E-state index contributed by atoms with van der Waals surface area (Å²) < 4.78 is 13.2. The second-order valence-electron chi connectivity index (χ2n) is 8.13. The molecule has 3 aromatic rings. The smallest absolute Gasteiger partial charge is 0.229 e. The lowest BCUT2D eigenvalue weighted by molar-refractivity contribution is -0.120. The number of pyridine rings is 2. The van der Waals surface area contributed by atoms with Crippen molar-refractivity contribution in [3.8, 4) is 11.1 Å². The molecule has 172 valence electrons. The molecule has 1 saturated heterocycles. The molecule has 8 heteroatoms. The van der Waals surface area contributed by atoms with Gasteiger partial charge < -0.3 is 16.0 Å². The molecular weight excluding hydrogens is 441 g/mol. The van der Waals surface area contributed by atoms with Gasteiger partial charge in [0.15, 0.2) is 0 Å². The van der Waals surface area contributed by atoms with Crippen molar-refractivity contribution >= 4 is 29.0 Å². The molecule has 0 aliphatic carbocycles. The summed E-state index contributed by atoms with van der Waals surface area (Å²) in [6.07, 6.45) is 7.71. The van der Waals surface area contributed by atoms with Crippen LogP contribution >= 0.6 is 11.6 Å². The fraction of sp³-hybridized carbons (Fsp3) is 0.320. The number of rotatable bonds is 7. The van der Waals surface area contributed by atoms with Gasteiger partial charge in [-0.2, -0.15) is 0 Å². The molecule has 3 heterocycles. The number of hydrogen-bond donors (Lipinski definition) is 3. The van der Waals surface area contributed by atoms with Crippen molar-refractivity contribution in [3.63, 3.8) is 0 Å². The highest BCUT2D eigenvalue weighted by Crippen LogP contribution is 2.35.